The standard InChI is InChI=1S/C29H37N3O4/c1-8-20(3)32(27(34)21(4)31-28(35)36-29(5,6)7)25(24-18-14-13-17-23(24)9-2)26(33)30-19-22-15-11-10-12-16-22/h2,10-18,20-21,25H,8,19H2,1,3-7H3,(H,30,33)(H,31,35). The largest absolute Gasteiger partial charge is 0.444 e. The molecule has 0 heterocycles. The quantitative estimate of drug-likeness (QED) is 0.503. The lowest BCUT2D eigenvalue weighted by molar-refractivity contribution is -0.144. The Morgan fingerprint density at radius 3 is 2.22 bits per heavy atom. The minimum atomic E-state index is -0.994. The van der Waals surface area contributed by atoms with E-state index in [0.29, 0.717) is 24.1 Å². The van der Waals surface area contributed by atoms with Crippen LogP contribution >= 0.6 is 0 Å². The third kappa shape index (κ3) is 7.88. The average Bonchev–Trinajstić information content (AvgIpc) is 2.84. The first-order valence-electron chi connectivity index (χ1n) is 12.2. The summed E-state index contributed by atoms with van der Waals surface area (Å²) in [6.07, 6.45) is 5.65. The molecule has 36 heavy (non-hydrogen) atoms. The summed E-state index contributed by atoms with van der Waals surface area (Å²) in [5.74, 6) is 1.86. The highest BCUT2D eigenvalue weighted by Crippen LogP contribution is 2.28. The number of ether oxygens (including phenoxy) is 1. The van der Waals surface area contributed by atoms with E-state index < -0.39 is 29.7 Å². The summed E-state index contributed by atoms with van der Waals surface area (Å²) in [5.41, 5.74) is 1.28. The van der Waals surface area contributed by atoms with Crippen molar-refractivity contribution in [3.8, 4) is 12.3 Å². The molecule has 3 atom stereocenters. The van der Waals surface area contributed by atoms with Crippen molar-refractivity contribution in [3.05, 3.63) is 71.3 Å². The predicted molar refractivity (Wildman–Crippen MR) is 141 cm³/mol. The Labute approximate surface area is 214 Å². The third-order valence-corrected chi connectivity index (χ3v) is 5.67. The molecule has 0 bridgehead atoms. The average molecular weight is 492 g/mol. The lowest BCUT2D eigenvalue weighted by Crippen LogP contribution is -2.54. The molecule has 0 spiro atoms. The lowest BCUT2D eigenvalue weighted by atomic mass is 9.96. The summed E-state index contributed by atoms with van der Waals surface area (Å²) < 4.78 is 5.32. The van der Waals surface area contributed by atoms with E-state index in [1.54, 1.807) is 52.0 Å². The number of terminal acetylenes is 1. The number of carbonyl (C=O) groups is 3. The summed E-state index contributed by atoms with van der Waals surface area (Å²) >= 11 is 0. The highest BCUT2D eigenvalue weighted by molar-refractivity contribution is 5.92. The topological polar surface area (TPSA) is 87.7 Å². The van der Waals surface area contributed by atoms with Gasteiger partial charge in [0.25, 0.3) is 0 Å². The first-order valence-corrected chi connectivity index (χ1v) is 12.2. The van der Waals surface area contributed by atoms with Crippen molar-refractivity contribution in [3.63, 3.8) is 0 Å². The summed E-state index contributed by atoms with van der Waals surface area (Å²) in [7, 11) is 0. The van der Waals surface area contributed by atoms with Crippen LogP contribution in [0, 0.1) is 12.3 Å². The Balaban J connectivity index is 2.45. The number of nitrogens with zero attached hydrogens (tertiary/aromatic N) is 1. The Bertz CT molecular complexity index is 1090. The normalized spacial score (nSPS) is 13.5. The van der Waals surface area contributed by atoms with Gasteiger partial charge in [0, 0.05) is 18.2 Å². The summed E-state index contributed by atoms with van der Waals surface area (Å²) in [6.45, 7) is 10.9. The zero-order valence-electron chi connectivity index (χ0n) is 22.0. The van der Waals surface area contributed by atoms with Crippen molar-refractivity contribution in [1.82, 2.24) is 15.5 Å². The summed E-state index contributed by atoms with van der Waals surface area (Å²) in [6, 6.07) is 14.3. The Morgan fingerprint density at radius 2 is 1.64 bits per heavy atom. The van der Waals surface area contributed by atoms with Gasteiger partial charge in [-0.2, -0.15) is 0 Å². The second-order valence-electron chi connectivity index (χ2n) is 9.71. The van der Waals surface area contributed by atoms with Gasteiger partial charge in [0.2, 0.25) is 11.8 Å². The van der Waals surface area contributed by atoms with Gasteiger partial charge in [-0.1, -0.05) is 61.4 Å². The second-order valence-corrected chi connectivity index (χ2v) is 9.71. The maximum absolute atomic E-state index is 13.8. The molecule has 192 valence electrons. The van der Waals surface area contributed by atoms with Crippen LogP contribution in [0.1, 0.15) is 70.7 Å². The van der Waals surface area contributed by atoms with E-state index in [-0.39, 0.29) is 11.9 Å². The third-order valence-electron chi connectivity index (χ3n) is 5.67. The first-order chi connectivity index (χ1) is 17.0. The zero-order chi connectivity index (χ0) is 26.9. The number of carbonyl (C=O) groups excluding carboxylic acids is 3. The molecule has 0 aromatic heterocycles. The molecule has 2 aromatic rings. The molecule has 3 unspecified atom stereocenters. The maximum atomic E-state index is 13.8. The first kappa shape index (κ1) is 28.4. The molecule has 0 saturated carbocycles. The zero-order valence-corrected chi connectivity index (χ0v) is 22.0. The van der Waals surface area contributed by atoms with Gasteiger partial charge in [-0.15, -0.1) is 6.42 Å². The van der Waals surface area contributed by atoms with E-state index in [2.05, 4.69) is 16.6 Å². The van der Waals surface area contributed by atoms with Gasteiger partial charge in [-0.05, 0) is 58.2 Å². The molecular weight excluding hydrogens is 454 g/mol. The molecule has 0 aliphatic carbocycles. The maximum Gasteiger partial charge on any atom is 0.408 e. The molecular formula is C29H37N3O4. The van der Waals surface area contributed by atoms with Gasteiger partial charge in [-0.25, -0.2) is 4.79 Å². The molecule has 2 aromatic carbocycles. The molecule has 0 radical (unpaired) electrons. The summed E-state index contributed by atoms with van der Waals surface area (Å²) in [4.78, 5) is 41.3. The monoisotopic (exact) mass is 491 g/mol. The van der Waals surface area contributed by atoms with Crippen LogP contribution in [0.2, 0.25) is 0 Å². The van der Waals surface area contributed by atoms with Crippen LogP contribution in [-0.4, -0.2) is 40.5 Å². The van der Waals surface area contributed by atoms with Gasteiger partial charge in [0.05, 0.1) is 0 Å². The fraction of sp³-hybridized carbons (Fsp3) is 0.414. The summed E-state index contributed by atoms with van der Waals surface area (Å²) in [5, 5.41) is 5.56. The van der Waals surface area contributed by atoms with Crippen LogP contribution in [0.15, 0.2) is 54.6 Å². The fourth-order valence-corrected chi connectivity index (χ4v) is 3.73. The van der Waals surface area contributed by atoms with Gasteiger partial charge in [0.15, 0.2) is 0 Å². The molecule has 2 N–H and O–H groups in total. The van der Waals surface area contributed by atoms with Crippen LogP contribution in [0.4, 0.5) is 4.79 Å². The number of hydrogen-bond acceptors (Lipinski definition) is 4. The number of benzene rings is 2. The fourth-order valence-electron chi connectivity index (χ4n) is 3.73. The van der Waals surface area contributed by atoms with E-state index in [4.69, 9.17) is 11.2 Å². The lowest BCUT2D eigenvalue weighted by Gasteiger charge is -2.38. The highest BCUT2D eigenvalue weighted by atomic mass is 16.6. The van der Waals surface area contributed by atoms with Gasteiger partial charge < -0.3 is 20.3 Å². The van der Waals surface area contributed by atoms with Crippen molar-refractivity contribution in [1.29, 1.82) is 0 Å². The SMILES string of the molecule is C#Cc1ccccc1C(C(=O)NCc1ccccc1)N(C(=O)C(C)NC(=O)OC(C)(C)C)C(C)CC. The predicted octanol–water partition coefficient (Wildman–Crippen LogP) is 4.57. The smallest absolute Gasteiger partial charge is 0.408 e. The van der Waals surface area contributed by atoms with E-state index in [1.165, 1.54) is 4.90 Å². The van der Waals surface area contributed by atoms with E-state index in [9.17, 15) is 14.4 Å². The number of hydrogen-bond donors (Lipinski definition) is 2. The molecule has 0 fully saturated rings. The van der Waals surface area contributed by atoms with Crippen molar-refractivity contribution < 1.29 is 19.1 Å². The van der Waals surface area contributed by atoms with E-state index in [0.717, 1.165) is 5.56 Å². The van der Waals surface area contributed by atoms with E-state index in [1.807, 2.05) is 44.2 Å². The minimum absolute atomic E-state index is 0.294. The second kappa shape index (κ2) is 12.8. The van der Waals surface area contributed by atoms with Crippen LogP contribution < -0.4 is 10.6 Å². The molecule has 0 aliphatic heterocycles. The van der Waals surface area contributed by atoms with Crippen molar-refractivity contribution in [2.45, 2.75) is 78.2 Å². The van der Waals surface area contributed by atoms with Crippen LogP contribution in [0.3, 0.4) is 0 Å². The number of amides is 3. The Kier molecular flexibility index (Phi) is 10.1. The molecule has 3 amide bonds. The van der Waals surface area contributed by atoms with Crippen molar-refractivity contribution in [2.75, 3.05) is 0 Å². The van der Waals surface area contributed by atoms with Crippen molar-refractivity contribution in [2.24, 2.45) is 0 Å². The number of alkyl carbamates (subject to hydrolysis) is 1. The Hall–Kier alpha value is -3.79. The number of nitrogens with one attached hydrogen (secondary N) is 2. The molecule has 7 heteroatoms. The van der Waals surface area contributed by atoms with Gasteiger partial charge in [0.1, 0.15) is 17.7 Å². The molecule has 2 rings (SSSR count). The minimum Gasteiger partial charge on any atom is -0.444 e. The van der Waals surface area contributed by atoms with E-state index >= 15 is 0 Å². The number of rotatable bonds is 9. The van der Waals surface area contributed by atoms with Gasteiger partial charge >= 0.3 is 6.09 Å². The van der Waals surface area contributed by atoms with Crippen LogP contribution in [0.25, 0.3) is 0 Å². The van der Waals surface area contributed by atoms with Gasteiger partial charge in [-0.3, -0.25) is 9.59 Å². The van der Waals surface area contributed by atoms with Crippen LogP contribution in [-0.2, 0) is 20.9 Å². The highest BCUT2D eigenvalue weighted by Gasteiger charge is 2.37. The molecule has 0 aliphatic rings. The Morgan fingerprint density at radius 1 is 1.03 bits per heavy atom. The molecule has 0 saturated heterocycles. The van der Waals surface area contributed by atoms with Crippen molar-refractivity contribution >= 4 is 17.9 Å². The molecule has 7 nitrogen and oxygen atoms in total. The van der Waals surface area contributed by atoms with Crippen LogP contribution in [0.5, 0.6) is 0 Å².